The average molecular weight is 344 g/mol. The Morgan fingerprint density at radius 1 is 1.17 bits per heavy atom. The van der Waals surface area contributed by atoms with E-state index in [0.29, 0.717) is 12.4 Å². The molecule has 0 bridgehead atoms. The predicted octanol–water partition coefficient (Wildman–Crippen LogP) is 2.94. The van der Waals surface area contributed by atoms with Gasteiger partial charge < -0.3 is 15.4 Å². The van der Waals surface area contributed by atoms with Crippen LogP contribution in [-0.2, 0) is 6.54 Å². The Kier molecular flexibility index (Phi) is 7.97. The third-order valence-electron chi connectivity index (χ3n) is 3.18. The van der Waals surface area contributed by atoms with Gasteiger partial charge in [0, 0.05) is 36.0 Å². The van der Waals surface area contributed by atoms with Crippen LogP contribution < -0.4 is 15.4 Å². The number of benzene rings is 1. The van der Waals surface area contributed by atoms with Gasteiger partial charge in [0.15, 0.2) is 5.96 Å². The van der Waals surface area contributed by atoms with E-state index < -0.39 is 0 Å². The zero-order valence-electron chi connectivity index (χ0n) is 14.2. The van der Waals surface area contributed by atoms with Crippen molar-refractivity contribution in [3.05, 3.63) is 54.2 Å². The molecule has 0 fully saturated rings. The van der Waals surface area contributed by atoms with Gasteiger partial charge in [-0.25, -0.2) is 9.98 Å². The Balaban J connectivity index is 1.79. The Morgan fingerprint density at radius 3 is 2.67 bits per heavy atom. The van der Waals surface area contributed by atoms with Crippen molar-refractivity contribution in [1.82, 2.24) is 15.6 Å². The molecular weight excluding hydrogens is 320 g/mol. The van der Waals surface area contributed by atoms with E-state index in [2.05, 4.69) is 51.8 Å². The van der Waals surface area contributed by atoms with Crippen molar-refractivity contribution < 1.29 is 4.74 Å². The van der Waals surface area contributed by atoms with Gasteiger partial charge in [-0.15, -0.1) is 11.8 Å². The highest BCUT2D eigenvalue weighted by Gasteiger charge is 1.99. The minimum Gasteiger partial charge on any atom is -0.481 e. The molecule has 0 amide bonds. The highest BCUT2D eigenvalue weighted by molar-refractivity contribution is 7.99. The lowest BCUT2D eigenvalue weighted by atomic mass is 10.3. The summed E-state index contributed by atoms with van der Waals surface area (Å²) in [5.74, 6) is 2.42. The molecule has 0 radical (unpaired) electrons. The van der Waals surface area contributed by atoms with Crippen molar-refractivity contribution in [2.75, 3.05) is 26.0 Å². The van der Waals surface area contributed by atoms with Crippen molar-refractivity contribution in [2.24, 2.45) is 4.99 Å². The van der Waals surface area contributed by atoms with E-state index in [1.54, 1.807) is 13.3 Å². The van der Waals surface area contributed by atoms with Gasteiger partial charge >= 0.3 is 0 Å². The number of hydrogen-bond acceptors (Lipinski definition) is 4. The van der Waals surface area contributed by atoms with Crippen LogP contribution in [0.1, 0.15) is 12.5 Å². The number of hydrogen-bond donors (Lipinski definition) is 2. The maximum Gasteiger partial charge on any atom is 0.212 e. The second-order valence-electron chi connectivity index (χ2n) is 4.99. The van der Waals surface area contributed by atoms with Gasteiger partial charge in [0.1, 0.15) is 0 Å². The van der Waals surface area contributed by atoms with Crippen LogP contribution in [0, 0.1) is 0 Å². The molecule has 1 aromatic carbocycles. The fourth-order valence-corrected chi connectivity index (χ4v) is 2.78. The normalized spacial score (nSPS) is 11.2. The molecule has 6 heteroatoms. The number of methoxy groups -OCH3 is 1. The van der Waals surface area contributed by atoms with Gasteiger partial charge in [0.05, 0.1) is 13.7 Å². The number of nitrogens with zero attached hydrogens (tertiary/aromatic N) is 2. The topological polar surface area (TPSA) is 58.5 Å². The summed E-state index contributed by atoms with van der Waals surface area (Å²) in [5.41, 5.74) is 1.05. The molecular formula is C18H24N4OS. The zero-order chi connectivity index (χ0) is 17.0. The second kappa shape index (κ2) is 10.5. The van der Waals surface area contributed by atoms with Crippen LogP contribution in [0.15, 0.2) is 58.5 Å². The molecule has 0 spiro atoms. The van der Waals surface area contributed by atoms with Crippen LogP contribution in [0.3, 0.4) is 0 Å². The van der Waals surface area contributed by atoms with E-state index in [1.807, 2.05) is 30.0 Å². The molecule has 0 saturated carbocycles. The number of ether oxygens (including phenoxy) is 1. The van der Waals surface area contributed by atoms with Crippen molar-refractivity contribution in [3.8, 4) is 5.88 Å². The molecule has 0 unspecified atom stereocenters. The van der Waals surface area contributed by atoms with Crippen molar-refractivity contribution in [1.29, 1.82) is 0 Å². The Hall–Kier alpha value is -2.21. The summed E-state index contributed by atoms with van der Waals surface area (Å²) in [6.07, 6.45) is 1.79. The first kappa shape index (κ1) is 18.1. The van der Waals surface area contributed by atoms with Crippen LogP contribution in [0.25, 0.3) is 0 Å². The minimum atomic E-state index is 0.582. The second-order valence-corrected chi connectivity index (χ2v) is 6.16. The number of aromatic nitrogens is 1. The summed E-state index contributed by atoms with van der Waals surface area (Å²) in [6.45, 7) is 4.33. The summed E-state index contributed by atoms with van der Waals surface area (Å²) >= 11 is 1.83. The number of rotatable bonds is 8. The summed E-state index contributed by atoms with van der Waals surface area (Å²) in [6, 6.07) is 14.2. The lowest BCUT2D eigenvalue weighted by Gasteiger charge is -2.11. The van der Waals surface area contributed by atoms with Crippen LogP contribution in [0.2, 0.25) is 0 Å². The third-order valence-corrected chi connectivity index (χ3v) is 4.19. The van der Waals surface area contributed by atoms with Gasteiger partial charge in [0.2, 0.25) is 5.88 Å². The van der Waals surface area contributed by atoms with E-state index in [1.165, 1.54) is 4.90 Å². The van der Waals surface area contributed by atoms with Gasteiger partial charge in [-0.3, -0.25) is 0 Å². The molecule has 0 aliphatic rings. The molecule has 1 heterocycles. The van der Waals surface area contributed by atoms with E-state index in [-0.39, 0.29) is 0 Å². The van der Waals surface area contributed by atoms with E-state index >= 15 is 0 Å². The number of guanidine groups is 1. The molecule has 0 aliphatic heterocycles. The molecule has 0 saturated heterocycles. The largest absolute Gasteiger partial charge is 0.481 e. The zero-order valence-corrected chi connectivity index (χ0v) is 15.0. The molecule has 2 aromatic rings. The van der Waals surface area contributed by atoms with Gasteiger partial charge in [-0.05, 0) is 24.6 Å². The average Bonchev–Trinajstić information content (AvgIpc) is 2.64. The SMILES string of the molecule is CCNC(=NCc1ccc(OC)nc1)NCCSc1ccccc1. The lowest BCUT2D eigenvalue weighted by Crippen LogP contribution is -2.38. The highest BCUT2D eigenvalue weighted by atomic mass is 32.2. The predicted molar refractivity (Wildman–Crippen MR) is 101 cm³/mol. The van der Waals surface area contributed by atoms with E-state index in [4.69, 9.17) is 4.74 Å². The summed E-state index contributed by atoms with van der Waals surface area (Å²) in [4.78, 5) is 10.1. The fourth-order valence-electron chi connectivity index (χ4n) is 1.99. The first-order valence-electron chi connectivity index (χ1n) is 8.00. The highest BCUT2D eigenvalue weighted by Crippen LogP contribution is 2.15. The summed E-state index contributed by atoms with van der Waals surface area (Å²) < 4.78 is 5.06. The Labute approximate surface area is 147 Å². The first-order valence-corrected chi connectivity index (χ1v) is 8.99. The maximum absolute atomic E-state index is 5.06. The quantitative estimate of drug-likeness (QED) is 0.334. The van der Waals surface area contributed by atoms with E-state index in [9.17, 15) is 0 Å². The molecule has 2 N–H and O–H groups in total. The van der Waals surface area contributed by atoms with E-state index in [0.717, 1.165) is 30.4 Å². The molecule has 5 nitrogen and oxygen atoms in total. The van der Waals surface area contributed by atoms with Crippen molar-refractivity contribution in [3.63, 3.8) is 0 Å². The van der Waals surface area contributed by atoms with Gasteiger partial charge in [-0.1, -0.05) is 24.3 Å². The van der Waals surface area contributed by atoms with Crippen molar-refractivity contribution in [2.45, 2.75) is 18.4 Å². The number of thioether (sulfide) groups is 1. The van der Waals surface area contributed by atoms with Crippen molar-refractivity contribution >= 4 is 17.7 Å². The molecule has 24 heavy (non-hydrogen) atoms. The first-order chi connectivity index (χ1) is 11.8. The summed E-state index contributed by atoms with van der Waals surface area (Å²) in [7, 11) is 1.61. The molecule has 0 atom stereocenters. The van der Waals surface area contributed by atoms with Gasteiger partial charge in [-0.2, -0.15) is 0 Å². The minimum absolute atomic E-state index is 0.582. The number of aliphatic imine (C=N–C) groups is 1. The summed E-state index contributed by atoms with van der Waals surface area (Å²) in [5, 5.41) is 6.62. The van der Waals surface area contributed by atoms with Crippen LogP contribution in [0.4, 0.5) is 0 Å². The van der Waals surface area contributed by atoms with Crippen LogP contribution in [0.5, 0.6) is 5.88 Å². The van der Waals surface area contributed by atoms with Crippen LogP contribution in [-0.4, -0.2) is 36.9 Å². The third kappa shape index (κ3) is 6.50. The number of pyridine rings is 1. The van der Waals surface area contributed by atoms with Crippen LogP contribution >= 0.6 is 11.8 Å². The lowest BCUT2D eigenvalue weighted by molar-refractivity contribution is 0.397. The maximum atomic E-state index is 5.06. The smallest absolute Gasteiger partial charge is 0.212 e. The monoisotopic (exact) mass is 344 g/mol. The molecule has 1 aromatic heterocycles. The molecule has 2 rings (SSSR count). The molecule has 128 valence electrons. The number of nitrogens with one attached hydrogen (secondary N) is 2. The Bertz CT molecular complexity index is 617. The Morgan fingerprint density at radius 2 is 2.00 bits per heavy atom. The standard InChI is InChI=1S/C18H24N4OS/c1-3-19-18(20-11-12-24-16-7-5-4-6-8-16)22-14-15-9-10-17(23-2)21-13-15/h4-10,13H,3,11-12,14H2,1-2H3,(H2,19,20,22). The van der Waals surface area contributed by atoms with Gasteiger partial charge in [0.25, 0.3) is 0 Å². The fraction of sp³-hybridized carbons (Fsp3) is 0.333. The molecule has 0 aliphatic carbocycles.